The molecule has 1 saturated carbocycles. The van der Waals surface area contributed by atoms with Crippen molar-refractivity contribution >= 4 is 24.0 Å². The number of nitrogens with zero attached hydrogens (tertiary/aromatic N) is 1. The number of likely N-dealkylation sites (tertiary alicyclic amines) is 1. The molecule has 46 heavy (non-hydrogen) atoms. The smallest absolute Gasteiger partial charge is 0.336 e. The van der Waals surface area contributed by atoms with E-state index in [0.29, 0.717) is 23.3 Å². The van der Waals surface area contributed by atoms with E-state index >= 15 is 0 Å². The number of carbonyl (C=O) groups is 2. The molecule has 2 unspecified atom stereocenters. The number of fused-ring (bicyclic) bond motifs is 1. The van der Waals surface area contributed by atoms with Gasteiger partial charge in [0.15, 0.2) is 11.9 Å². The zero-order valence-corrected chi connectivity index (χ0v) is 26.8. The molecule has 9 heteroatoms. The van der Waals surface area contributed by atoms with Crippen molar-refractivity contribution in [2.75, 3.05) is 13.1 Å². The zero-order valence-electron chi connectivity index (χ0n) is 26.8. The number of ether oxygens (including phenoxy) is 4. The van der Waals surface area contributed by atoms with Crippen LogP contribution < -0.4 is 9.47 Å². The van der Waals surface area contributed by atoms with Crippen LogP contribution in [0.5, 0.6) is 11.5 Å². The maximum absolute atomic E-state index is 12.5. The third kappa shape index (κ3) is 6.01. The predicted octanol–water partition coefficient (Wildman–Crippen LogP) is 6.53. The number of hydrogen-bond acceptors (Lipinski definition) is 8. The molecule has 0 N–H and O–H groups in total. The van der Waals surface area contributed by atoms with Crippen LogP contribution in [0.2, 0.25) is 0 Å². The first kappa shape index (κ1) is 31.1. The van der Waals surface area contributed by atoms with Crippen molar-refractivity contribution in [2.24, 2.45) is 23.7 Å². The normalized spacial score (nSPS) is 35.2. The standard InChI is InChI=1S/C37H43NO8/c1-24-7-18-30-25(2)34(43-35-37(30)31(24)23-36(3,44-35)45-46-37)42-29-16-10-27(11-17-29)13-20-33(40)41-28-14-8-26(9-15-28)12-19-32(39)38-21-5-4-6-22-38/h8-17,19-20,24-25,30-31,34-35H,4-7,18,21-23H2,1-3H3/b19-12+,20-13+/t24-,25-,30?,31?,34+,35-,36+,37+/m1/s1. The molecule has 1 aliphatic carbocycles. The Kier molecular flexibility index (Phi) is 8.52. The molecule has 5 heterocycles. The fraction of sp³-hybridized carbons (Fsp3) is 0.514. The topological polar surface area (TPSA) is 92.8 Å². The van der Waals surface area contributed by atoms with Gasteiger partial charge in [-0.1, -0.05) is 38.1 Å². The van der Waals surface area contributed by atoms with Crippen LogP contribution in [0.4, 0.5) is 0 Å². The molecule has 6 fully saturated rings. The second-order valence-corrected chi connectivity index (χ2v) is 13.7. The lowest BCUT2D eigenvalue weighted by Gasteiger charge is -2.66. The van der Waals surface area contributed by atoms with E-state index in [1.165, 1.54) is 12.5 Å². The van der Waals surface area contributed by atoms with Crippen LogP contribution in [-0.4, -0.2) is 53.8 Å². The molecule has 244 valence electrons. The highest BCUT2D eigenvalue weighted by atomic mass is 17.3. The van der Waals surface area contributed by atoms with Crippen LogP contribution in [-0.2, 0) is 28.8 Å². The van der Waals surface area contributed by atoms with E-state index in [1.807, 2.05) is 48.2 Å². The van der Waals surface area contributed by atoms with E-state index < -0.39 is 29.9 Å². The Hall–Kier alpha value is -3.50. The lowest BCUT2D eigenvalue weighted by Crippen LogP contribution is -2.76. The lowest BCUT2D eigenvalue weighted by atomic mass is 9.56. The quantitative estimate of drug-likeness (QED) is 0.148. The van der Waals surface area contributed by atoms with E-state index in [2.05, 4.69) is 13.8 Å². The van der Waals surface area contributed by atoms with E-state index in [1.54, 1.807) is 30.4 Å². The van der Waals surface area contributed by atoms with Gasteiger partial charge in [-0.05, 0) is 92.5 Å². The van der Waals surface area contributed by atoms with Crippen molar-refractivity contribution in [3.05, 3.63) is 71.8 Å². The van der Waals surface area contributed by atoms with Gasteiger partial charge in [0, 0.05) is 49.4 Å². The third-order valence-electron chi connectivity index (χ3n) is 10.5. The molecule has 2 aromatic rings. The molecule has 5 aliphatic heterocycles. The maximum atomic E-state index is 12.5. The predicted molar refractivity (Wildman–Crippen MR) is 170 cm³/mol. The average molecular weight is 630 g/mol. The van der Waals surface area contributed by atoms with Crippen molar-refractivity contribution in [2.45, 2.75) is 83.3 Å². The molecule has 1 amide bonds. The van der Waals surface area contributed by atoms with Crippen LogP contribution in [0.3, 0.4) is 0 Å². The second-order valence-electron chi connectivity index (χ2n) is 13.7. The van der Waals surface area contributed by atoms with Gasteiger partial charge >= 0.3 is 5.97 Å². The molecular weight excluding hydrogens is 586 g/mol. The van der Waals surface area contributed by atoms with Crippen LogP contribution >= 0.6 is 0 Å². The molecule has 0 radical (unpaired) electrons. The highest BCUT2D eigenvalue weighted by molar-refractivity contribution is 5.92. The lowest BCUT2D eigenvalue weighted by molar-refractivity contribution is -0.614. The Balaban J connectivity index is 0.925. The molecular formula is C37H43NO8. The van der Waals surface area contributed by atoms with Crippen LogP contribution in [0.25, 0.3) is 12.2 Å². The van der Waals surface area contributed by atoms with Gasteiger partial charge < -0.3 is 23.8 Å². The van der Waals surface area contributed by atoms with Gasteiger partial charge in [-0.25, -0.2) is 14.6 Å². The molecule has 9 nitrogen and oxygen atoms in total. The van der Waals surface area contributed by atoms with Crippen LogP contribution in [0, 0.1) is 23.7 Å². The summed E-state index contributed by atoms with van der Waals surface area (Å²) < 4.78 is 24.6. The number of piperidine rings is 1. The average Bonchev–Trinajstić information content (AvgIpc) is 3.07. The zero-order chi connectivity index (χ0) is 31.9. The highest BCUT2D eigenvalue weighted by Crippen LogP contribution is 2.62. The van der Waals surface area contributed by atoms with E-state index in [4.69, 9.17) is 28.7 Å². The maximum Gasteiger partial charge on any atom is 0.336 e. The molecule has 8 atom stereocenters. The Bertz CT molecular complexity index is 1480. The van der Waals surface area contributed by atoms with Gasteiger partial charge in [0.2, 0.25) is 18.0 Å². The summed E-state index contributed by atoms with van der Waals surface area (Å²) in [4.78, 5) is 38.6. The largest absolute Gasteiger partial charge is 0.465 e. The summed E-state index contributed by atoms with van der Waals surface area (Å²) >= 11 is 0. The van der Waals surface area contributed by atoms with Gasteiger partial charge in [-0.15, -0.1) is 0 Å². The summed E-state index contributed by atoms with van der Waals surface area (Å²) in [6.07, 6.45) is 11.7. The van der Waals surface area contributed by atoms with E-state index in [0.717, 1.165) is 56.3 Å². The molecule has 5 saturated heterocycles. The van der Waals surface area contributed by atoms with E-state index in [-0.39, 0.29) is 17.7 Å². The van der Waals surface area contributed by atoms with Crippen molar-refractivity contribution in [3.63, 3.8) is 0 Å². The molecule has 1 spiro atoms. The number of rotatable bonds is 7. The van der Waals surface area contributed by atoms with Gasteiger partial charge in [0.25, 0.3) is 0 Å². The molecule has 8 rings (SSSR count). The monoisotopic (exact) mass is 629 g/mol. The minimum Gasteiger partial charge on any atom is -0.465 e. The molecule has 2 bridgehead atoms. The SMILES string of the molecule is C[C@@H]1CCC2[C@@H](C)[C@@H](Oc3ccc(/C=C/C(=O)Oc4ccc(/C=C/C(=O)N5CCCCC5)cc4)cc3)O[C@@H]3O[C@]4(C)CC1[C@@]23OO4. The Morgan fingerprint density at radius 2 is 1.52 bits per heavy atom. The first-order valence-electron chi connectivity index (χ1n) is 16.7. The van der Waals surface area contributed by atoms with Crippen molar-refractivity contribution < 1.29 is 38.3 Å². The number of carbonyl (C=O) groups excluding carboxylic acids is 2. The van der Waals surface area contributed by atoms with Crippen molar-refractivity contribution in [1.82, 2.24) is 4.90 Å². The minimum absolute atomic E-state index is 0.0346. The fourth-order valence-electron chi connectivity index (χ4n) is 7.96. The molecule has 0 aromatic heterocycles. The summed E-state index contributed by atoms with van der Waals surface area (Å²) in [7, 11) is 0. The summed E-state index contributed by atoms with van der Waals surface area (Å²) in [5.41, 5.74) is 1.09. The van der Waals surface area contributed by atoms with Gasteiger partial charge in [0.05, 0.1) is 0 Å². The Morgan fingerprint density at radius 3 is 2.24 bits per heavy atom. The fourth-order valence-corrected chi connectivity index (χ4v) is 7.96. The highest BCUT2D eigenvalue weighted by Gasteiger charge is 2.72. The van der Waals surface area contributed by atoms with Crippen molar-refractivity contribution in [3.8, 4) is 11.5 Å². The van der Waals surface area contributed by atoms with Gasteiger partial charge in [0.1, 0.15) is 11.5 Å². The third-order valence-corrected chi connectivity index (χ3v) is 10.5. The van der Waals surface area contributed by atoms with E-state index in [9.17, 15) is 9.59 Å². The number of amides is 1. The Labute approximate surface area is 270 Å². The van der Waals surface area contributed by atoms with Crippen molar-refractivity contribution in [1.29, 1.82) is 0 Å². The summed E-state index contributed by atoms with van der Waals surface area (Å²) in [5, 5.41) is 0. The van der Waals surface area contributed by atoms with Gasteiger partial charge in [-0.3, -0.25) is 4.79 Å². The number of benzene rings is 2. The minimum atomic E-state index is -0.817. The molecule has 2 aromatic carbocycles. The first-order chi connectivity index (χ1) is 22.2. The van der Waals surface area contributed by atoms with Crippen LogP contribution in [0.15, 0.2) is 60.7 Å². The summed E-state index contributed by atoms with van der Waals surface area (Å²) in [6, 6.07) is 14.6. The molecule has 6 aliphatic rings. The first-order valence-corrected chi connectivity index (χ1v) is 16.7. The second kappa shape index (κ2) is 12.6. The number of hydrogen-bond donors (Lipinski definition) is 0. The van der Waals surface area contributed by atoms with Crippen LogP contribution in [0.1, 0.15) is 70.4 Å². The number of esters is 1. The summed E-state index contributed by atoms with van der Waals surface area (Å²) in [6.45, 7) is 8.01. The summed E-state index contributed by atoms with van der Waals surface area (Å²) in [5.74, 6) is 0.920. The Morgan fingerprint density at radius 1 is 0.848 bits per heavy atom. The van der Waals surface area contributed by atoms with Gasteiger partial charge in [-0.2, -0.15) is 0 Å².